The Hall–Kier alpha value is -1.52. The van der Waals surface area contributed by atoms with Gasteiger partial charge in [-0.1, -0.05) is 6.42 Å². The van der Waals surface area contributed by atoms with Crippen molar-refractivity contribution in [2.75, 3.05) is 20.1 Å². The number of aliphatic imine (C=N–C) groups is 1. The van der Waals surface area contributed by atoms with E-state index in [2.05, 4.69) is 25.4 Å². The Bertz CT molecular complexity index is 419. The minimum Gasteiger partial charge on any atom is -0.351 e. The molecule has 2 N–H and O–H groups in total. The largest absolute Gasteiger partial charge is 0.351 e. The molecule has 0 radical (unpaired) electrons. The zero-order chi connectivity index (χ0) is 12.4. The van der Waals surface area contributed by atoms with Crippen molar-refractivity contribution in [2.24, 2.45) is 10.4 Å². The smallest absolute Gasteiger partial charge is 0.193 e. The first-order chi connectivity index (χ1) is 8.81. The lowest BCUT2D eigenvalue weighted by Crippen LogP contribution is -2.42. The number of aromatic amines is 1. The average Bonchev–Trinajstić information content (AvgIpc) is 2.97. The van der Waals surface area contributed by atoms with Gasteiger partial charge in [0.25, 0.3) is 0 Å². The summed E-state index contributed by atoms with van der Waals surface area (Å²) in [4.78, 5) is 6.79. The molecular weight excluding hydrogens is 226 g/mol. The third-order valence-electron chi connectivity index (χ3n) is 4.36. The molecule has 0 atom stereocenters. The quantitative estimate of drug-likeness (QED) is 0.613. The van der Waals surface area contributed by atoms with Crippen LogP contribution in [0, 0.1) is 5.41 Å². The maximum atomic E-state index is 4.39. The van der Waals surface area contributed by atoms with E-state index in [-0.39, 0.29) is 0 Å². The summed E-state index contributed by atoms with van der Waals surface area (Å²) in [5.74, 6) is 1.02. The second-order valence-corrected chi connectivity index (χ2v) is 5.51. The normalized spacial score (nSPS) is 22.3. The van der Waals surface area contributed by atoms with Crippen molar-refractivity contribution in [3.05, 3.63) is 18.0 Å². The standard InChI is InChI=1S/C13H21N5/c1-14-12(15-9-11-3-7-16-17-11)18-8-6-13(10-18)4-2-5-13/h3,7H,2,4-6,8-10H2,1H3,(H,14,15)(H,16,17). The molecule has 1 saturated carbocycles. The van der Waals surface area contributed by atoms with E-state index in [1.807, 2.05) is 13.1 Å². The number of hydrogen-bond donors (Lipinski definition) is 2. The average molecular weight is 247 g/mol. The SMILES string of the molecule is CN=C(NCc1ccn[nH]1)N1CCC2(CCC2)C1. The molecule has 1 aromatic rings. The van der Waals surface area contributed by atoms with Crippen molar-refractivity contribution < 1.29 is 0 Å². The van der Waals surface area contributed by atoms with Crippen LogP contribution in [-0.2, 0) is 6.54 Å². The lowest BCUT2D eigenvalue weighted by molar-refractivity contribution is 0.151. The summed E-state index contributed by atoms with van der Waals surface area (Å²) in [6, 6.07) is 1.98. The number of aromatic nitrogens is 2. The molecule has 5 nitrogen and oxygen atoms in total. The number of likely N-dealkylation sites (tertiary alicyclic amines) is 1. The Morgan fingerprint density at radius 1 is 1.56 bits per heavy atom. The molecule has 2 fully saturated rings. The van der Waals surface area contributed by atoms with Crippen LogP contribution in [0.2, 0.25) is 0 Å². The Morgan fingerprint density at radius 2 is 2.44 bits per heavy atom. The molecule has 98 valence electrons. The van der Waals surface area contributed by atoms with Crippen molar-refractivity contribution in [1.82, 2.24) is 20.4 Å². The number of nitrogens with zero attached hydrogens (tertiary/aromatic N) is 3. The summed E-state index contributed by atoms with van der Waals surface area (Å²) in [5, 5.41) is 10.3. The molecule has 0 amide bonds. The predicted molar refractivity (Wildman–Crippen MR) is 71.3 cm³/mol. The highest BCUT2D eigenvalue weighted by Gasteiger charge is 2.43. The van der Waals surface area contributed by atoms with E-state index in [0.29, 0.717) is 5.41 Å². The van der Waals surface area contributed by atoms with Crippen LogP contribution in [-0.4, -0.2) is 41.2 Å². The highest BCUT2D eigenvalue weighted by molar-refractivity contribution is 5.80. The fourth-order valence-electron chi connectivity index (χ4n) is 3.09. The predicted octanol–water partition coefficient (Wildman–Crippen LogP) is 1.36. The van der Waals surface area contributed by atoms with Crippen LogP contribution in [0.4, 0.5) is 0 Å². The zero-order valence-electron chi connectivity index (χ0n) is 10.9. The first kappa shape index (κ1) is 11.6. The van der Waals surface area contributed by atoms with Crippen molar-refractivity contribution in [2.45, 2.75) is 32.2 Å². The summed E-state index contributed by atoms with van der Waals surface area (Å²) in [5.41, 5.74) is 1.71. The summed E-state index contributed by atoms with van der Waals surface area (Å²) >= 11 is 0. The van der Waals surface area contributed by atoms with Crippen LogP contribution >= 0.6 is 0 Å². The number of guanidine groups is 1. The van der Waals surface area contributed by atoms with Gasteiger partial charge in [-0.3, -0.25) is 10.1 Å². The molecule has 18 heavy (non-hydrogen) atoms. The number of H-pyrrole nitrogens is 1. The molecule has 0 unspecified atom stereocenters. The molecular formula is C13H21N5. The van der Waals surface area contributed by atoms with Gasteiger partial charge in [0, 0.05) is 26.3 Å². The van der Waals surface area contributed by atoms with Gasteiger partial charge in [0.15, 0.2) is 5.96 Å². The van der Waals surface area contributed by atoms with E-state index in [9.17, 15) is 0 Å². The number of rotatable bonds is 2. The van der Waals surface area contributed by atoms with Gasteiger partial charge < -0.3 is 10.2 Å². The van der Waals surface area contributed by atoms with Gasteiger partial charge in [-0.15, -0.1) is 0 Å². The van der Waals surface area contributed by atoms with Crippen LogP contribution in [0.15, 0.2) is 17.3 Å². The highest BCUT2D eigenvalue weighted by Crippen LogP contribution is 2.47. The van der Waals surface area contributed by atoms with E-state index in [0.717, 1.165) is 24.7 Å². The van der Waals surface area contributed by atoms with E-state index in [4.69, 9.17) is 0 Å². The fourth-order valence-corrected chi connectivity index (χ4v) is 3.09. The molecule has 1 spiro atoms. The molecule has 3 rings (SSSR count). The first-order valence-electron chi connectivity index (χ1n) is 6.75. The van der Waals surface area contributed by atoms with Gasteiger partial charge in [0.05, 0.1) is 12.2 Å². The Labute approximate surface area is 108 Å². The highest BCUT2D eigenvalue weighted by atomic mass is 15.3. The lowest BCUT2D eigenvalue weighted by atomic mass is 9.68. The molecule has 1 aromatic heterocycles. The van der Waals surface area contributed by atoms with Crippen LogP contribution in [0.1, 0.15) is 31.4 Å². The maximum Gasteiger partial charge on any atom is 0.193 e. The van der Waals surface area contributed by atoms with Gasteiger partial charge in [0.1, 0.15) is 0 Å². The fraction of sp³-hybridized carbons (Fsp3) is 0.692. The molecule has 1 saturated heterocycles. The summed E-state index contributed by atoms with van der Waals surface area (Å²) in [7, 11) is 1.86. The number of nitrogens with one attached hydrogen (secondary N) is 2. The van der Waals surface area contributed by atoms with Gasteiger partial charge in [-0.25, -0.2) is 0 Å². The van der Waals surface area contributed by atoms with E-state index in [1.54, 1.807) is 6.20 Å². The maximum absolute atomic E-state index is 4.39. The van der Waals surface area contributed by atoms with Gasteiger partial charge >= 0.3 is 0 Å². The van der Waals surface area contributed by atoms with E-state index >= 15 is 0 Å². The summed E-state index contributed by atoms with van der Waals surface area (Å²) < 4.78 is 0. The van der Waals surface area contributed by atoms with Crippen LogP contribution in [0.25, 0.3) is 0 Å². The summed E-state index contributed by atoms with van der Waals surface area (Å²) in [6.45, 7) is 3.08. The van der Waals surface area contributed by atoms with Gasteiger partial charge in [0.2, 0.25) is 0 Å². The monoisotopic (exact) mass is 247 g/mol. The van der Waals surface area contributed by atoms with Crippen molar-refractivity contribution in [3.63, 3.8) is 0 Å². The molecule has 2 aliphatic rings. The third kappa shape index (κ3) is 2.09. The Balaban J connectivity index is 1.56. The summed E-state index contributed by atoms with van der Waals surface area (Å²) in [6.07, 6.45) is 7.33. The molecule has 2 heterocycles. The molecule has 0 aromatic carbocycles. The van der Waals surface area contributed by atoms with Crippen molar-refractivity contribution >= 4 is 5.96 Å². The topological polar surface area (TPSA) is 56.3 Å². The minimum absolute atomic E-state index is 0.617. The van der Waals surface area contributed by atoms with Crippen LogP contribution in [0.5, 0.6) is 0 Å². The second kappa shape index (κ2) is 4.63. The zero-order valence-corrected chi connectivity index (χ0v) is 10.9. The molecule has 1 aliphatic carbocycles. The Morgan fingerprint density at radius 3 is 3.00 bits per heavy atom. The lowest BCUT2D eigenvalue weighted by Gasteiger charge is -2.38. The van der Waals surface area contributed by atoms with Crippen molar-refractivity contribution in [3.8, 4) is 0 Å². The minimum atomic E-state index is 0.617. The van der Waals surface area contributed by atoms with Crippen LogP contribution < -0.4 is 5.32 Å². The molecule has 0 bridgehead atoms. The third-order valence-corrected chi connectivity index (χ3v) is 4.36. The Kier molecular flexibility index (Phi) is 2.97. The molecule has 1 aliphatic heterocycles. The van der Waals surface area contributed by atoms with E-state index < -0.39 is 0 Å². The number of hydrogen-bond acceptors (Lipinski definition) is 2. The van der Waals surface area contributed by atoms with E-state index in [1.165, 1.54) is 32.2 Å². The van der Waals surface area contributed by atoms with Crippen molar-refractivity contribution in [1.29, 1.82) is 0 Å². The first-order valence-corrected chi connectivity index (χ1v) is 6.75. The van der Waals surface area contributed by atoms with Gasteiger partial charge in [-0.2, -0.15) is 5.10 Å². The molecule has 5 heteroatoms. The second-order valence-electron chi connectivity index (χ2n) is 5.51. The van der Waals surface area contributed by atoms with Gasteiger partial charge in [-0.05, 0) is 30.7 Å². The van der Waals surface area contributed by atoms with Crippen LogP contribution in [0.3, 0.4) is 0 Å².